The van der Waals surface area contributed by atoms with E-state index in [0.29, 0.717) is 32.1 Å². The minimum Gasteiger partial charge on any atom is -0.481 e. The lowest BCUT2D eigenvalue weighted by atomic mass is 9.89. The Hall–Kier alpha value is -1.20. The monoisotopic (exact) mass is 356 g/mol. The van der Waals surface area contributed by atoms with Crippen LogP contribution < -0.4 is 0 Å². The van der Waals surface area contributed by atoms with Crippen LogP contribution in [-0.2, 0) is 4.79 Å². The van der Waals surface area contributed by atoms with Crippen molar-refractivity contribution in [2.45, 2.75) is 83.1 Å². The van der Waals surface area contributed by atoms with Crippen LogP contribution in [-0.4, -0.2) is 39.7 Å². The highest BCUT2D eigenvalue weighted by atomic mass is 19.1. The number of halogens is 1. The summed E-state index contributed by atoms with van der Waals surface area (Å²) in [6.07, 6.45) is 10.7. The van der Waals surface area contributed by atoms with Crippen LogP contribution >= 0.6 is 0 Å². The minimum atomic E-state index is -0.997. The van der Waals surface area contributed by atoms with E-state index in [0.717, 1.165) is 19.3 Å². The Morgan fingerprint density at radius 3 is 2.64 bits per heavy atom. The molecule has 0 spiro atoms. The van der Waals surface area contributed by atoms with E-state index in [-0.39, 0.29) is 18.3 Å². The van der Waals surface area contributed by atoms with Gasteiger partial charge in [0.2, 0.25) is 0 Å². The summed E-state index contributed by atoms with van der Waals surface area (Å²) in [5.41, 5.74) is 0. The van der Waals surface area contributed by atoms with Gasteiger partial charge < -0.3 is 15.3 Å². The Morgan fingerprint density at radius 2 is 1.96 bits per heavy atom. The van der Waals surface area contributed by atoms with Crippen molar-refractivity contribution in [2.75, 3.05) is 0 Å². The summed E-state index contributed by atoms with van der Waals surface area (Å²) in [6.45, 7) is 2.08. The van der Waals surface area contributed by atoms with Crippen LogP contribution in [0.2, 0.25) is 0 Å². The quantitative estimate of drug-likeness (QED) is 0.364. The molecule has 0 aromatic heterocycles. The summed E-state index contributed by atoms with van der Waals surface area (Å²) in [6, 6.07) is 0. The van der Waals surface area contributed by atoms with E-state index in [1.165, 1.54) is 6.08 Å². The van der Waals surface area contributed by atoms with Gasteiger partial charge in [-0.3, -0.25) is 4.79 Å². The Labute approximate surface area is 150 Å². The lowest BCUT2D eigenvalue weighted by Crippen LogP contribution is -2.20. The zero-order valence-electron chi connectivity index (χ0n) is 15.2. The maximum Gasteiger partial charge on any atom is 0.303 e. The second-order valence-corrected chi connectivity index (χ2v) is 7.00. The Morgan fingerprint density at radius 1 is 1.20 bits per heavy atom. The molecule has 5 heteroatoms. The highest BCUT2D eigenvalue weighted by molar-refractivity contribution is 5.66. The number of aliphatic carboxylic acids is 1. The first-order chi connectivity index (χ1) is 12.0. The molecule has 0 amide bonds. The highest BCUT2D eigenvalue weighted by Gasteiger charge is 2.39. The van der Waals surface area contributed by atoms with Crippen LogP contribution in [0.15, 0.2) is 24.3 Å². The van der Waals surface area contributed by atoms with Crippen molar-refractivity contribution in [3.63, 3.8) is 0 Å². The molecule has 0 bridgehead atoms. The van der Waals surface area contributed by atoms with E-state index < -0.39 is 24.3 Å². The van der Waals surface area contributed by atoms with Gasteiger partial charge in [-0.05, 0) is 31.6 Å². The minimum absolute atomic E-state index is 0.121. The predicted octanol–water partition coefficient (Wildman–Crippen LogP) is 4.02. The summed E-state index contributed by atoms with van der Waals surface area (Å²) in [5, 5.41) is 28.9. The van der Waals surface area contributed by atoms with Crippen molar-refractivity contribution < 1.29 is 24.5 Å². The largest absolute Gasteiger partial charge is 0.481 e. The van der Waals surface area contributed by atoms with Gasteiger partial charge in [-0.2, -0.15) is 0 Å². The van der Waals surface area contributed by atoms with Crippen molar-refractivity contribution in [1.29, 1.82) is 0 Å². The average molecular weight is 356 g/mol. The highest BCUT2D eigenvalue weighted by Crippen LogP contribution is 2.36. The Kier molecular flexibility index (Phi) is 10.7. The van der Waals surface area contributed by atoms with E-state index in [2.05, 4.69) is 6.92 Å². The number of alkyl halides is 1. The molecule has 1 aliphatic rings. The number of rotatable bonds is 12. The number of carboxylic acids is 1. The molecule has 1 saturated carbocycles. The lowest BCUT2D eigenvalue weighted by molar-refractivity contribution is -0.137. The second kappa shape index (κ2) is 12.2. The first-order valence-electron chi connectivity index (χ1n) is 9.51. The Bertz CT molecular complexity index is 435. The third-order valence-electron chi connectivity index (χ3n) is 4.88. The van der Waals surface area contributed by atoms with Gasteiger partial charge in [0.05, 0.1) is 12.2 Å². The molecule has 0 heterocycles. The number of unbranched alkanes of at least 4 members (excludes halogenated alkanes) is 3. The van der Waals surface area contributed by atoms with Crippen molar-refractivity contribution in [3.8, 4) is 0 Å². The molecule has 5 atom stereocenters. The van der Waals surface area contributed by atoms with E-state index in [4.69, 9.17) is 5.11 Å². The van der Waals surface area contributed by atoms with Gasteiger partial charge in [0.25, 0.3) is 0 Å². The topological polar surface area (TPSA) is 77.8 Å². The molecule has 1 fully saturated rings. The van der Waals surface area contributed by atoms with Crippen LogP contribution in [0, 0.1) is 11.8 Å². The molecule has 1 unspecified atom stereocenters. The first-order valence-corrected chi connectivity index (χ1v) is 9.51. The van der Waals surface area contributed by atoms with Crippen LogP contribution in [0.1, 0.15) is 64.7 Å². The maximum atomic E-state index is 13.9. The summed E-state index contributed by atoms with van der Waals surface area (Å²) in [5.74, 6) is -1.15. The molecule has 3 N–H and O–H groups in total. The van der Waals surface area contributed by atoms with Crippen LogP contribution in [0.4, 0.5) is 4.39 Å². The molecule has 0 aliphatic heterocycles. The summed E-state index contributed by atoms with van der Waals surface area (Å²) in [4.78, 5) is 10.4. The van der Waals surface area contributed by atoms with E-state index in [1.54, 1.807) is 6.08 Å². The average Bonchev–Trinajstić information content (AvgIpc) is 2.82. The van der Waals surface area contributed by atoms with Gasteiger partial charge in [-0.25, -0.2) is 4.39 Å². The number of carbonyl (C=O) groups is 1. The number of allylic oxidation sites excluding steroid dienone is 3. The van der Waals surface area contributed by atoms with Crippen LogP contribution in [0.25, 0.3) is 0 Å². The van der Waals surface area contributed by atoms with Crippen molar-refractivity contribution in [2.24, 2.45) is 11.8 Å². The SMILES string of the molecule is CCCCCC(F)/C=C/[C@@H]1[C@H](C/C=C/CCCC(=O)O)[C@@H](O)C[C@H]1O. The molecule has 0 aromatic rings. The third-order valence-corrected chi connectivity index (χ3v) is 4.88. The van der Waals surface area contributed by atoms with Gasteiger partial charge in [0.15, 0.2) is 0 Å². The standard InChI is InChI=1S/C20H33FO4/c1-2-3-6-9-15(21)12-13-17-16(18(22)14-19(17)23)10-7-4-5-8-11-20(24)25/h4,7,12-13,15-19,22-23H,2-3,5-6,8-11,14H2,1H3,(H,24,25)/b7-4+,13-12+/t15?,16-,17+,18-,19+/m0/s1. The molecule has 1 aliphatic carbocycles. The number of carboxylic acid groups (broad SMARTS) is 1. The Balaban J connectivity index is 2.46. The first kappa shape index (κ1) is 21.8. The smallest absolute Gasteiger partial charge is 0.303 e. The van der Waals surface area contributed by atoms with Crippen molar-refractivity contribution in [1.82, 2.24) is 0 Å². The molecule has 1 rings (SSSR count). The van der Waals surface area contributed by atoms with Gasteiger partial charge >= 0.3 is 5.97 Å². The molecule has 4 nitrogen and oxygen atoms in total. The second-order valence-electron chi connectivity index (χ2n) is 7.00. The maximum absolute atomic E-state index is 13.9. The molecule has 144 valence electrons. The predicted molar refractivity (Wildman–Crippen MR) is 97.0 cm³/mol. The van der Waals surface area contributed by atoms with E-state index in [1.807, 2.05) is 12.2 Å². The molecular weight excluding hydrogens is 323 g/mol. The number of hydrogen-bond donors (Lipinski definition) is 3. The summed E-state index contributed by atoms with van der Waals surface area (Å²) >= 11 is 0. The third kappa shape index (κ3) is 8.63. The molecule has 0 saturated heterocycles. The van der Waals surface area contributed by atoms with Crippen LogP contribution in [0.5, 0.6) is 0 Å². The van der Waals surface area contributed by atoms with Gasteiger partial charge in [-0.15, -0.1) is 0 Å². The zero-order chi connectivity index (χ0) is 18.7. The molecule has 0 radical (unpaired) electrons. The fourth-order valence-electron chi connectivity index (χ4n) is 3.38. The molecule has 0 aromatic carbocycles. The summed E-state index contributed by atoms with van der Waals surface area (Å²) < 4.78 is 13.9. The van der Waals surface area contributed by atoms with Gasteiger partial charge in [0.1, 0.15) is 6.17 Å². The van der Waals surface area contributed by atoms with E-state index >= 15 is 0 Å². The fraction of sp³-hybridized carbons (Fsp3) is 0.750. The van der Waals surface area contributed by atoms with Gasteiger partial charge in [0, 0.05) is 18.8 Å². The molecular formula is C20H33FO4. The van der Waals surface area contributed by atoms with Crippen LogP contribution in [0.3, 0.4) is 0 Å². The van der Waals surface area contributed by atoms with E-state index in [9.17, 15) is 19.4 Å². The van der Waals surface area contributed by atoms with Crippen molar-refractivity contribution >= 4 is 5.97 Å². The zero-order valence-corrected chi connectivity index (χ0v) is 15.2. The number of aliphatic hydroxyl groups excluding tert-OH is 2. The van der Waals surface area contributed by atoms with Crippen molar-refractivity contribution in [3.05, 3.63) is 24.3 Å². The number of aliphatic hydroxyl groups is 2. The molecule has 25 heavy (non-hydrogen) atoms. The normalized spacial score (nSPS) is 28.2. The lowest BCUT2D eigenvalue weighted by Gasteiger charge is -2.19. The fourth-order valence-corrected chi connectivity index (χ4v) is 3.38. The number of hydrogen-bond acceptors (Lipinski definition) is 3. The van der Waals surface area contributed by atoms with Gasteiger partial charge in [-0.1, -0.05) is 50.5 Å². The summed E-state index contributed by atoms with van der Waals surface area (Å²) in [7, 11) is 0.